The molecule has 0 spiro atoms. The molecule has 0 aromatic heterocycles. The molecule has 1 aliphatic carbocycles. The van der Waals surface area contributed by atoms with E-state index in [1.54, 1.807) is 6.92 Å². The van der Waals surface area contributed by atoms with E-state index >= 15 is 0 Å². The molecule has 202 valence electrons. The average Bonchev–Trinajstić information content (AvgIpc) is 2.99. The number of hydrogen-bond acceptors (Lipinski definition) is 4. The van der Waals surface area contributed by atoms with Crippen LogP contribution in [-0.2, 0) is 19.1 Å². The van der Waals surface area contributed by atoms with E-state index in [9.17, 15) is 9.59 Å². The molecule has 1 aliphatic rings. The molecule has 0 heterocycles. The molecule has 0 unspecified atom stereocenters. The lowest BCUT2D eigenvalue weighted by Crippen LogP contribution is -2.33. The van der Waals surface area contributed by atoms with Crippen molar-refractivity contribution in [1.82, 2.24) is 0 Å². The van der Waals surface area contributed by atoms with E-state index in [1.165, 1.54) is 30.1 Å². The van der Waals surface area contributed by atoms with Crippen LogP contribution >= 0.6 is 7.26 Å². The van der Waals surface area contributed by atoms with Crippen molar-refractivity contribution in [3.63, 3.8) is 0 Å². The first kappa shape index (κ1) is 28.5. The molecule has 4 nitrogen and oxygen atoms in total. The highest BCUT2D eigenvalue weighted by Crippen LogP contribution is 2.56. The summed E-state index contributed by atoms with van der Waals surface area (Å²) in [6.07, 6.45) is 6.90. The Bertz CT molecular complexity index is 1230. The third-order valence-corrected chi connectivity index (χ3v) is 12.1. The van der Waals surface area contributed by atoms with Crippen LogP contribution in [0, 0.1) is 0 Å². The Hall–Kier alpha value is -3.49. The zero-order chi connectivity index (χ0) is 27.7. The van der Waals surface area contributed by atoms with E-state index in [2.05, 4.69) is 91.0 Å². The first-order valence-corrected chi connectivity index (χ1v) is 15.7. The van der Waals surface area contributed by atoms with Crippen LogP contribution in [0.5, 0.6) is 0 Å². The molecule has 39 heavy (non-hydrogen) atoms. The molecule has 3 aromatic carbocycles. The SMILES string of the molecule is COC1=C(OC)C(=O)C(CCCCCCC[P+](c2ccccc2)(c2ccccc2)c2ccccc2)=C(C)C1=O. The highest BCUT2D eigenvalue weighted by atomic mass is 31.2. The molecule has 0 saturated carbocycles. The molecular weight excluding hydrogens is 503 g/mol. The Labute approximate surface area is 233 Å². The van der Waals surface area contributed by atoms with Crippen LogP contribution in [0.25, 0.3) is 0 Å². The third-order valence-electron chi connectivity index (χ3n) is 7.61. The first-order valence-electron chi connectivity index (χ1n) is 13.7. The Balaban J connectivity index is 1.42. The standard InChI is InChI=1S/C34H38O4P/c1-26-30(32(36)34(38-3)33(37-2)31(26)35)24-16-5-4-6-17-25-39(27-18-10-7-11-19-27,28-20-12-8-13-21-28)29-22-14-9-15-23-29/h7-15,18-23H,4-6,16-17,24-25H2,1-3H3/q+1. The second-order valence-corrected chi connectivity index (χ2v) is 13.5. The van der Waals surface area contributed by atoms with Gasteiger partial charge in [0.25, 0.3) is 0 Å². The maximum absolute atomic E-state index is 12.9. The van der Waals surface area contributed by atoms with Gasteiger partial charge in [0.05, 0.1) is 20.4 Å². The molecule has 0 fully saturated rings. The van der Waals surface area contributed by atoms with E-state index < -0.39 is 7.26 Å². The number of hydrogen-bond donors (Lipinski definition) is 0. The molecular formula is C34H38O4P+. The van der Waals surface area contributed by atoms with Crippen molar-refractivity contribution in [2.45, 2.75) is 45.4 Å². The monoisotopic (exact) mass is 541 g/mol. The van der Waals surface area contributed by atoms with Gasteiger partial charge in [-0.3, -0.25) is 9.59 Å². The van der Waals surface area contributed by atoms with Crippen LogP contribution < -0.4 is 15.9 Å². The van der Waals surface area contributed by atoms with Crippen molar-refractivity contribution < 1.29 is 19.1 Å². The topological polar surface area (TPSA) is 52.6 Å². The largest absolute Gasteiger partial charge is 0.489 e. The Morgan fingerprint density at radius 1 is 0.564 bits per heavy atom. The maximum atomic E-state index is 12.9. The number of rotatable bonds is 13. The normalized spacial score (nSPS) is 14.1. The zero-order valence-electron chi connectivity index (χ0n) is 23.2. The van der Waals surface area contributed by atoms with Crippen LogP contribution in [0.3, 0.4) is 0 Å². The van der Waals surface area contributed by atoms with E-state index in [0.29, 0.717) is 17.6 Å². The molecule has 0 atom stereocenters. The molecule has 3 aromatic rings. The Morgan fingerprint density at radius 2 is 0.974 bits per heavy atom. The van der Waals surface area contributed by atoms with Gasteiger partial charge in [-0.1, -0.05) is 67.4 Å². The van der Waals surface area contributed by atoms with Gasteiger partial charge in [-0.25, -0.2) is 0 Å². The molecule has 0 bridgehead atoms. The number of carbonyl (C=O) groups excluding carboxylic acids is 2. The van der Waals surface area contributed by atoms with Gasteiger partial charge in [0.1, 0.15) is 23.2 Å². The highest BCUT2D eigenvalue weighted by molar-refractivity contribution is 7.95. The fraction of sp³-hybridized carbons (Fsp3) is 0.294. The zero-order valence-corrected chi connectivity index (χ0v) is 24.1. The predicted octanol–water partition coefficient (Wildman–Crippen LogP) is 6.29. The fourth-order valence-electron chi connectivity index (χ4n) is 5.56. The van der Waals surface area contributed by atoms with Crippen molar-refractivity contribution in [3.8, 4) is 0 Å². The minimum absolute atomic E-state index is 0.00538. The Morgan fingerprint density at radius 3 is 1.44 bits per heavy atom. The summed E-state index contributed by atoms with van der Waals surface area (Å²) in [6, 6.07) is 33.0. The van der Waals surface area contributed by atoms with Crippen molar-refractivity contribution in [2.24, 2.45) is 0 Å². The van der Waals surface area contributed by atoms with E-state index in [1.807, 2.05) is 0 Å². The van der Waals surface area contributed by atoms with Crippen LogP contribution in [0.4, 0.5) is 0 Å². The fourth-order valence-corrected chi connectivity index (χ4v) is 9.97. The smallest absolute Gasteiger partial charge is 0.228 e. The van der Waals surface area contributed by atoms with Gasteiger partial charge < -0.3 is 9.47 Å². The summed E-state index contributed by atoms with van der Waals surface area (Å²) in [6.45, 7) is 1.71. The third kappa shape index (κ3) is 6.07. The van der Waals surface area contributed by atoms with Gasteiger partial charge in [-0.05, 0) is 69.0 Å². The van der Waals surface area contributed by atoms with Gasteiger partial charge in [0, 0.05) is 11.1 Å². The minimum Gasteiger partial charge on any atom is -0.489 e. The summed E-state index contributed by atoms with van der Waals surface area (Å²) in [5, 5.41) is 4.26. The quantitative estimate of drug-likeness (QED) is 0.145. The van der Waals surface area contributed by atoms with Gasteiger partial charge in [-0.15, -0.1) is 0 Å². The molecule has 0 aliphatic heterocycles. The van der Waals surface area contributed by atoms with Crippen LogP contribution in [0.2, 0.25) is 0 Å². The summed E-state index contributed by atoms with van der Waals surface area (Å²) >= 11 is 0. The van der Waals surface area contributed by atoms with Crippen molar-refractivity contribution in [2.75, 3.05) is 20.4 Å². The van der Waals surface area contributed by atoms with Gasteiger partial charge in [0.15, 0.2) is 0 Å². The summed E-state index contributed by atoms with van der Waals surface area (Å²) in [4.78, 5) is 25.5. The average molecular weight is 542 g/mol. The van der Waals surface area contributed by atoms with Gasteiger partial charge in [0.2, 0.25) is 23.1 Å². The molecule has 5 heteroatoms. The number of methoxy groups -OCH3 is 2. The van der Waals surface area contributed by atoms with E-state index in [-0.39, 0.29) is 23.1 Å². The number of unbranched alkanes of at least 4 members (excludes halogenated alkanes) is 4. The second kappa shape index (κ2) is 13.5. The molecule has 0 N–H and O–H groups in total. The van der Waals surface area contributed by atoms with Crippen molar-refractivity contribution in [3.05, 3.63) is 114 Å². The van der Waals surface area contributed by atoms with Crippen molar-refractivity contribution in [1.29, 1.82) is 0 Å². The number of Topliss-reactive ketones (excluding diaryl/α,β-unsaturated/α-hetero) is 2. The summed E-state index contributed by atoms with van der Waals surface area (Å²) in [7, 11) is 1.00. The van der Waals surface area contributed by atoms with Gasteiger partial charge >= 0.3 is 0 Å². The van der Waals surface area contributed by atoms with Crippen LogP contribution in [0.1, 0.15) is 45.4 Å². The highest BCUT2D eigenvalue weighted by Gasteiger charge is 2.44. The number of benzene rings is 3. The number of carbonyl (C=O) groups is 2. The molecule has 0 radical (unpaired) electrons. The summed E-state index contributed by atoms with van der Waals surface area (Å²) < 4.78 is 10.4. The lowest BCUT2D eigenvalue weighted by molar-refractivity contribution is -0.121. The first-order chi connectivity index (χ1) is 19.0. The lowest BCUT2D eigenvalue weighted by Gasteiger charge is -2.27. The lowest BCUT2D eigenvalue weighted by atomic mass is 9.89. The summed E-state index contributed by atoms with van der Waals surface area (Å²) in [5.74, 6) is -0.460. The Kier molecular flexibility index (Phi) is 9.90. The minimum atomic E-state index is -1.79. The summed E-state index contributed by atoms with van der Waals surface area (Å²) in [5.41, 5.74) is 1.03. The molecule has 4 rings (SSSR count). The van der Waals surface area contributed by atoms with Gasteiger partial charge in [-0.2, -0.15) is 0 Å². The number of ether oxygens (including phenoxy) is 2. The predicted molar refractivity (Wildman–Crippen MR) is 161 cm³/mol. The van der Waals surface area contributed by atoms with Crippen LogP contribution in [-0.4, -0.2) is 31.9 Å². The second-order valence-electron chi connectivity index (χ2n) is 9.89. The number of allylic oxidation sites excluding steroid dienone is 2. The maximum Gasteiger partial charge on any atom is 0.228 e. The van der Waals surface area contributed by atoms with Crippen molar-refractivity contribution >= 4 is 34.7 Å². The van der Waals surface area contributed by atoms with Crippen LogP contribution in [0.15, 0.2) is 114 Å². The number of ketones is 2. The molecule has 0 amide bonds. The molecule has 0 saturated heterocycles. The van der Waals surface area contributed by atoms with E-state index in [4.69, 9.17) is 9.47 Å². The van der Waals surface area contributed by atoms with E-state index in [0.717, 1.165) is 38.3 Å².